The van der Waals surface area contributed by atoms with E-state index in [0.717, 1.165) is 0 Å². The van der Waals surface area contributed by atoms with E-state index in [2.05, 4.69) is 10.2 Å². The van der Waals surface area contributed by atoms with Gasteiger partial charge in [0.2, 0.25) is 0 Å². The molecule has 54 valence electrons. The largest absolute Gasteiger partial charge is 0.491 e. The number of methoxy groups -OCH3 is 1. The van der Waals surface area contributed by atoms with Crippen LogP contribution in [0.25, 0.3) is 0 Å². The van der Waals surface area contributed by atoms with Crippen molar-refractivity contribution < 1.29 is 4.74 Å². The third-order valence-corrected chi connectivity index (χ3v) is 1.26. The van der Waals surface area contributed by atoms with Crippen molar-refractivity contribution in [1.82, 2.24) is 10.2 Å². The van der Waals surface area contributed by atoms with Gasteiger partial charge in [0.15, 0.2) is 11.6 Å². The molecule has 10 heavy (non-hydrogen) atoms. The number of anilines is 1. The van der Waals surface area contributed by atoms with E-state index in [0.29, 0.717) is 10.8 Å². The standard InChI is InChI=1S/C5H6ClN3O/c1-10-4-3(6)2-8-9-5(4)7/h2H,1H3,(H2,7,9). The first-order valence-electron chi connectivity index (χ1n) is 2.56. The second-order valence-electron chi connectivity index (χ2n) is 1.61. The van der Waals surface area contributed by atoms with Crippen molar-refractivity contribution in [1.29, 1.82) is 0 Å². The molecule has 0 aliphatic rings. The fourth-order valence-electron chi connectivity index (χ4n) is 0.570. The van der Waals surface area contributed by atoms with Crippen LogP contribution in [-0.2, 0) is 0 Å². The molecule has 0 atom stereocenters. The Morgan fingerprint density at radius 3 is 2.80 bits per heavy atom. The first-order chi connectivity index (χ1) is 4.75. The Morgan fingerprint density at radius 1 is 1.70 bits per heavy atom. The van der Waals surface area contributed by atoms with Gasteiger partial charge in [0.1, 0.15) is 5.02 Å². The molecule has 1 rings (SSSR count). The molecule has 0 unspecified atom stereocenters. The molecular formula is C5H6ClN3O. The van der Waals surface area contributed by atoms with Gasteiger partial charge in [0, 0.05) is 0 Å². The first-order valence-corrected chi connectivity index (χ1v) is 2.94. The van der Waals surface area contributed by atoms with E-state index in [9.17, 15) is 0 Å². The van der Waals surface area contributed by atoms with Gasteiger partial charge in [-0.2, -0.15) is 5.10 Å². The summed E-state index contributed by atoms with van der Waals surface area (Å²) >= 11 is 5.62. The van der Waals surface area contributed by atoms with Crippen LogP contribution in [0, 0.1) is 0 Å². The maximum absolute atomic E-state index is 5.62. The molecule has 0 amide bonds. The number of nitrogens with zero attached hydrogens (tertiary/aromatic N) is 2. The minimum atomic E-state index is 0.204. The van der Waals surface area contributed by atoms with Crippen molar-refractivity contribution in [2.75, 3.05) is 12.8 Å². The van der Waals surface area contributed by atoms with Crippen LogP contribution < -0.4 is 10.5 Å². The van der Waals surface area contributed by atoms with Crippen LogP contribution in [0.15, 0.2) is 6.20 Å². The van der Waals surface area contributed by atoms with Crippen LogP contribution in [0.2, 0.25) is 5.02 Å². The highest BCUT2D eigenvalue weighted by atomic mass is 35.5. The number of aromatic nitrogens is 2. The summed E-state index contributed by atoms with van der Waals surface area (Å²) in [4.78, 5) is 0. The second kappa shape index (κ2) is 2.70. The van der Waals surface area contributed by atoms with Crippen molar-refractivity contribution >= 4 is 17.4 Å². The molecule has 0 radical (unpaired) electrons. The van der Waals surface area contributed by atoms with E-state index in [1.165, 1.54) is 13.3 Å². The second-order valence-corrected chi connectivity index (χ2v) is 2.02. The molecule has 4 nitrogen and oxygen atoms in total. The van der Waals surface area contributed by atoms with Crippen molar-refractivity contribution in [3.8, 4) is 5.75 Å². The zero-order chi connectivity index (χ0) is 7.56. The minimum absolute atomic E-state index is 0.204. The third-order valence-electron chi connectivity index (χ3n) is 0.990. The van der Waals surface area contributed by atoms with Crippen LogP contribution in [0.3, 0.4) is 0 Å². The van der Waals surface area contributed by atoms with Gasteiger partial charge in [-0.15, -0.1) is 5.10 Å². The predicted octanol–water partition coefficient (Wildman–Crippen LogP) is 0.721. The maximum Gasteiger partial charge on any atom is 0.190 e. The Balaban J connectivity index is 3.17. The molecule has 1 aromatic heterocycles. The number of rotatable bonds is 1. The Kier molecular flexibility index (Phi) is 1.91. The highest BCUT2D eigenvalue weighted by Gasteiger charge is 2.04. The molecule has 0 aliphatic heterocycles. The lowest BCUT2D eigenvalue weighted by molar-refractivity contribution is 0.414. The Labute approximate surface area is 63.0 Å². The summed E-state index contributed by atoms with van der Waals surface area (Å²) in [5, 5.41) is 7.40. The van der Waals surface area contributed by atoms with E-state index in [1.807, 2.05) is 0 Å². The number of nitrogen functional groups attached to an aromatic ring is 1. The van der Waals surface area contributed by atoms with Gasteiger partial charge in [0.05, 0.1) is 13.3 Å². The summed E-state index contributed by atoms with van der Waals surface area (Å²) < 4.78 is 4.82. The molecule has 1 heterocycles. The van der Waals surface area contributed by atoms with Crippen molar-refractivity contribution in [3.05, 3.63) is 11.2 Å². The molecular weight excluding hydrogens is 154 g/mol. The quantitative estimate of drug-likeness (QED) is 0.656. The molecule has 2 N–H and O–H groups in total. The van der Waals surface area contributed by atoms with Crippen molar-refractivity contribution in [2.24, 2.45) is 0 Å². The van der Waals surface area contributed by atoms with Gasteiger partial charge >= 0.3 is 0 Å². The van der Waals surface area contributed by atoms with Gasteiger partial charge < -0.3 is 10.5 Å². The molecule has 5 heteroatoms. The lowest BCUT2D eigenvalue weighted by Crippen LogP contribution is -1.97. The monoisotopic (exact) mass is 159 g/mol. The number of ether oxygens (including phenoxy) is 1. The maximum atomic E-state index is 5.62. The van der Waals surface area contributed by atoms with Gasteiger partial charge in [0.25, 0.3) is 0 Å². The highest BCUT2D eigenvalue weighted by Crippen LogP contribution is 2.26. The first kappa shape index (κ1) is 7.08. The Hall–Kier alpha value is -1.03. The fourth-order valence-corrected chi connectivity index (χ4v) is 0.788. The SMILES string of the molecule is COc1c(Cl)cnnc1N. The summed E-state index contributed by atoms with van der Waals surface area (Å²) in [6.07, 6.45) is 1.37. The summed E-state index contributed by atoms with van der Waals surface area (Å²) in [5.41, 5.74) is 5.35. The normalized spacial score (nSPS) is 9.40. The predicted molar refractivity (Wildman–Crippen MR) is 38.0 cm³/mol. The van der Waals surface area contributed by atoms with Crippen LogP contribution in [-0.4, -0.2) is 17.3 Å². The topological polar surface area (TPSA) is 61.0 Å². The van der Waals surface area contributed by atoms with Crippen molar-refractivity contribution in [2.45, 2.75) is 0 Å². The number of hydrogen-bond acceptors (Lipinski definition) is 4. The van der Waals surface area contributed by atoms with E-state index < -0.39 is 0 Å². The van der Waals surface area contributed by atoms with Crippen LogP contribution in [0.5, 0.6) is 5.75 Å². The molecule has 1 aromatic rings. The van der Waals surface area contributed by atoms with Gasteiger partial charge in [-0.3, -0.25) is 0 Å². The average molecular weight is 160 g/mol. The summed E-state index contributed by atoms with van der Waals surface area (Å²) in [6, 6.07) is 0. The average Bonchev–Trinajstić information content (AvgIpc) is 1.88. The van der Waals surface area contributed by atoms with Gasteiger partial charge in [-0.1, -0.05) is 11.6 Å². The van der Waals surface area contributed by atoms with Crippen molar-refractivity contribution in [3.63, 3.8) is 0 Å². The Morgan fingerprint density at radius 2 is 2.40 bits per heavy atom. The molecule has 0 aliphatic carbocycles. The summed E-state index contributed by atoms with van der Waals surface area (Å²) in [5.74, 6) is 0.576. The third kappa shape index (κ3) is 1.11. The molecule has 0 bridgehead atoms. The van der Waals surface area contributed by atoms with E-state index in [1.54, 1.807) is 0 Å². The lowest BCUT2D eigenvalue weighted by Gasteiger charge is -2.01. The number of nitrogens with two attached hydrogens (primary N) is 1. The van der Waals surface area contributed by atoms with E-state index in [-0.39, 0.29) is 5.82 Å². The smallest absolute Gasteiger partial charge is 0.190 e. The minimum Gasteiger partial charge on any atom is -0.491 e. The lowest BCUT2D eigenvalue weighted by atomic mass is 10.5. The zero-order valence-electron chi connectivity index (χ0n) is 5.34. The highest BCUT2D eigenvalue weighted by molar-refractivity contribution is 6.32. The van der Waals surface area contributed by atoms with E-state index in [4.69, 9.17) is 22.1 Å². The number of hydrogen-bond donors (Lipinski definition) is 1. The molecule has 0 saturated heterocycles. The molecule has 0 spiro atoms. The summed E-state index contributed by atoms with van der Waals surface area (Å²) in [6.45, 7) is 0. The van der Waals surface area contributed by atoms with Gasteiger partial charge in [-0.25, -0.2) is 0 Å². The van der Waals surface area contributed by atoms with Crippen LogP contribution >= 0.6 is 11.6 Å². The van der Waals surface area contributed by atoms with Crippen LogP contribution in [0.1, 0.15) is 0 Å². The van der Waals surface area contributed by atoms with Gasteiger partial charge in [-0.05, 0) is 0 Å². The van der Waals surface area contributed by atoms with Crippen LogP contribution in [0.4, 0.5) is 5.82 Å². The van der Waals surface area contributed by atoms with E-state index >= 15 is 0 Å². The summed E-state index contributed by atoms with van der Waals surface area (Å²) in [7, 11) is 1.47. The fraction of sp³-hybridized carbons (Fsp3) is 0.200. The number of halogens is 1. The Bertz CT molecular complexity index is 220. The zero-order valence-corrected chi connectivity index (χ0v) is 6.09. The molecule has 0 aromatic carbocycles. The molecule has 0 fully saturated rings. The molecule has 0 saturated carbocycles.